The molecular formula is C11H15NO3. The number of carbonyl (C=O) groups excluding carboxylic acids is 1. The second kappa shape index (κ2) is 3.68. The lowest BCUT2D eigenvalue weighted by molar-refractivity contribution is -0.142. The van der Waals surface area contributed by atoms with Gasteiger partial charge in [-0.15, -0.1) is 6.58 Å². The van der Waals surface area contributed by atoms with E-state index in [1.165, 1.54) is 0 Å². The van der Waals surface area contributed by atoms with Crippen LogP contribution in [0.25, 0.3) is 0 Å². The van der Waals surface area contributed by atoms with Gasteiger partial charge in [0.25, 0.3) is 0 Å². The normalized spacial score (nSPS) is 28.3. The van der Waals surface area contributed by atoms with Crippen molar-refractivity contribution in [2.24, 2.45) is 11.8 Å². The molecule has 2 rings (SSSR count). The van der Waals surface area contributed by atoms with E-state index in [2.05, 4.69) is 6.58 Å². The molecule has 15 heavy (non-hydrogen) atoms. The Balaban J connectivity index is 1.94. The predicted octanol–water partition coefficient (Wildman–Crippen LogP) is 0.884. The largest absolute Gasteiger partial charge is 0.481 e. The van der Waals surface area contributed by atoms with Crippen molar-refractivity contribution >= 4 is 11.9 Å². The van der Waals surface area contributed by atoms with Gasteiger partial charge in [0.2, 0.25) is 5.91 Å². The van der Waals surface area contributed by atoms with Crippen molar-refractivity contribution in [2.75, 3.05) is 6.54 Å². The molecule has 2 aliphatic rings. The van der Waals surface area contributed by atoms with E-state index in [-0.39, 0.29) is 11.8 Å². The van der Waals surface area contributed by atoms with E-state index in [0.717, 1.165) is 12.8 Å². The molecule has 82 valence electrons. The van der Waals surface area contributed by atoms with E-state index in [4.69, 9.17) is 5.11 Å². The summed E-state index contributed by atoms with van der Waals surface area (Å²) in [6.45, 7) is 4.16. The Morgan fingerprint density at radius 2 is 2.07 bits per heavy atom. The first-order valence-electron chi connectivity index (χ1n) is 5.29. The fourth-order valence-electron chi connectivity index (χ4n) is 1.90. The number of carboxylic acid groups (broad SMARTS) is 1. The van der Waals surface area contributed by atoms with Crippen LogP contribution in [0.1, 0.15) is 19.3 Å². The maximum absolute atomic E-state index is 11.9. The predicted molar refractivity (Wildman–Crippen MR) is 54.2 cm³/mol. The number of amides is 1. The summed E-state index contributed by atoms with van der Waals surface area (Å²) in [4.78, 5) is 24.3. The summed E-state index contributed by atoms with van der Waals surface area (Å²) in [5.41, 5.74) is 0. The van der Waals surface area contributed by atoms with E-state index in [9.17, 15) is 9.59 Å². The molecule has 1 N–H and O–H groups in total. The van der Waals surface area contributed by atoms with Crippen molar-refractivity contribution in [1.82, 2.24) is 4.90 Å². The fraction of sp³-hybridized carbons (Fsp3) is 0.636. The zero-order chi connectivity index (χ0) is 11.0. The molecule has 0 aliphatic heterocycles. The van der Waals surface area contributed by atoms with E-state index in [1.54, 1.807) is 11.0 Å². The molecule has 2 aliphatic carbocycles. The summed E-state index contributed by atoms with van der Waals surface area (Å²) in [6.07, 6.45) is 4.30. The number of rotatable bonds is 5. The zero-order valence-corrected chi connectivity index (χ0v) is 8.56. The number of aliphatic carboxylic acids is 1. The molecule has 2 atom stereocenters. The lowest BCUT2D eigenvalue weighted by Gasteiger charge is -2.20. The third-order valence-corrected chi connectivity index (χ3v) is 3.02. The van der Waals surface area contributed by atoms with Crippen LogP contribution >= 0.6 is 0 Å². The third kappa shape index (κ3) is 2.03. The van der Waals surface area contributed by atoms with E-state index in [1.807, 2.05) is 0 Å². The van der Waals surface area contributed by atoms with Gasteiger partial charge >= 0.3 is 5.97 Å². The van der Waals surface area contributed by atoms with Gasteiger partial charge in [-0.2, -0.15) is 0 Å². The lowest BCUT2D eigenvalue weighted by atomic mass is 10.2. The first kappa shape index (κ1) is 10.2. The molecule has 0 aromatic heterocycles. The standard InChI is InChI=1S/C11H15NO3/c1-2-5-12(7-3-4-7)10(13)8-6-9(8)11(14)15/h2,7-9H,1,3-6H2,(H,14,15)/t8-,9+/m1/s1. The second-order valence-corrected chi connectivity index (χ2v) is 4.30. The highest BCUT2D eigenvalue weighted by atomic mass is 16.4. The summed E-state index contributed by atoms with van der Waals surface area (Å²) >= 11 is 0. The van der Waals surface area contributed by atoms with Crippen LogP contribution in [0.2, 0.25) is 0 Å². The quantitative estimate of drug-likeness (QED) is 0.684. The van der Waals surface area contributed by atoms with Crippen molar-refractivity contribution in [3.05, 3.63) is 12.7 Å². The minimum Gasteiger partial charge on any atom is -0.481 e. The van der Waals surface area contributed by atoms with E-state index >= 15 is 0 Å². The van der Waals surface area contributed by atoms with Gasteiger partial charge in [0.1, 0.15) is 0 Å². The highest BCUT2D eigenvalue weighted by Crippen LogP contribution is 2.42. The number of hydrogen-bond donors (Lipinski definition) is 1. The second-order valence-electron chi connectivity index (χ2n) is 4.30. The molecule has 0 spiro atoms. The van der Waals surface area contributed by atoms with Crippen LogP contribution in [0.4, 0.5) is 0 Å². The number of carbonyl (C=O) groups is 2. The Labute approximate surface area is 88.6 Å². The van der Waals surface area contributed by atoms with Crippen molar-refractivity contribution in [1.29, 1.82) is 0 Å². The Morgan fingerprint density at radius 1 is 1.40 bits per heavy atom. The Morgan fingerprint density at radius 3 is 2.47 bits per heavy atom. The van der Waals surface area contributed by atoms with Gasteiger partial charge in [0.05, 0.1) is 11.8 Å². The average Bonchev–Trinajstić information content (AvgIpc) is 3.03. The van der Waals surface area contributed by atoms with Crippen LogP contribution in [0.5, 0.6) is 0 Å². The molecule has 4 nitrogen and oxygen atoms in total. The van der Waals surface area contributed by atoms with Crippen LogP contribution in [0.3, 0.4) is 0 Å². The monoisotopic (exact) mass is 209 g/mol. The SMILES string of the molecule is C=CCN(C(=O)[C@@H]1C[C@@H]1C(=O)O)C1CC1. The van der Waals surface area contributed by atoms with Gasteiger partial charge in [-0.05, 0) is 19.3 Å². The molecule has 0 aromatic rings. The molecule has 0 aromatic carbocycles. The minimum atomic E-state index is -0.845. The molecule has 0 unspecified atom stereocenters. The van der Waals surface area contributed by atoms with Crippen LogP contribution in [-0.4, -0.2) is 34.5 Å². The maximum atomic E-state index is 11.9. The van der Waals surface area contributed by atoms with Crippen molar-refractivity contribution in [3.63, 3.8) is 0 Å². The zero-order valence-electron chi connectivity index (χ0n) is 8.56. The van der Waals surface area contributed by atoms with Crippen molar-refractivity contribution < 1.29 is 14.7 Å². The maximum Gasteiger partial charge on any atom is 0.307 e. The van der Waals surface area contributed by atoms with E-state index in [0.29, 0.717) is 19.0 Å². The van der Waals surface area contributed by atoms with Gasteiger partial charge in [0, 0.05) is 12.6 Å². The van der Waals surface area contributed by atoms with Gasteiger partial charge in [0.15, 0.2) is 0 Å². The summed E-state index contributed by atoms with van der Waals surface area (Å²) in [5, 5.41) is 8.75. The summed E-state index contributed by atoms with van der Waals surface area (Å²) in [5.74, 6) is -1.56. The molecule has 2 fully saturated rings. The first-order chi connectivity index (χ1) is 7.15. The van der Waals surface area contributed by atoms with Crippen molar-refractivity contribution in [3.8, 4) is 0 Å². The van der Waals surface area contributed by atoms with Crippen LogP contribution in [-0.2, 0) is 9.59 Å². The molecule has 0 saturated heterocycles. The Hall–Kier alpha value is -1.32. The topological polar surface area (TPSA) is 57.6 Å². The van der Waals surface area contributed by atoms with Gasteiger partial charge in [-0.25, -0.2) is 0 Å². The van der Waals surface area contributed by atoms with E-state index < -0.39 is 11.9 Å². The van der Waals surface area contributed by atoms with Crippen LogP contribution < -0.4 is 0 Å². The van der Waals surface area contributed by atoms with Gasteiger partial charge < -0.3 is 10.0 Å². The lowest BCUT2D eigenvalue weighted by Crippen LogP contribution is -2.35. The summed E-state index contributed by atoms with van der Waals surface area (Å²) in [7, 11) is 0. The third-order valence-electron chi connectivity index (χ3n) is 3.02. The first-order valence-corrected chi connectivity index (χ1v) is 5.29. The molecule has 4 heteroatoms. The molecule has 0 heterocycles. The number of nitrogens with zero attached hydrogens (tertiary/aromatic N) is 1. The molecule has 1 amide bonds. The van der Waals surface area contributed by atoms with Crippen molar-refractivity contribution in [2.45, 2.75) is 25.3 Å². The Bertz CT molecular complexity index is 309. The van der Waals surface area contributed by atoms with Gasteiger partial charge in [-0.3, -0.25) is 9.59 Å². The minimum absolute atomic E-state index is 0.00444. The Kier molecular flexibility index (Phi) is 2.50. The highest BCUT2D eigenvalue weighted by Gasteiger charge is 2.51. The molecule has 2 saturated carbocycles. The molecular weight excluding hydrogens is 194 g/mol. The average molecular weight is 209 g/mol. The fourth-order valence-corrected chi connectivity index (χ4v) is 1.90. The molecule has 0 bridgehead atoms. The smallest absolute Gasteiger partial charge is 0.307 e. The summed E-state index contributed by atoms with van der Waals surface area (Å²) < 4.78 is 0. The number of carboxylic acids is 1. The van der Waals surface area contributed by atoms with Crippen LogP contribution in [0.15, 0.2) is 12.7 Å². The van der Waals surface area contributed by atoms with Gasteiger partial charge in [-0.1, -0.05) is 6.08 Å². The molecule has 0 radical (unpaired) electrons. The summed E-state index contributed by atoms with van der Waals surface area (Å²) in [6, 6.07) is 0.338. The van der Waals surface area contributed by atoms with Crippen LogP contribution in [0, 0.1) is 11.8 Å². The highest BCUT2D eigenvalue weighted by molar-refractivity contribution is 5.89. The number of hydrogen-bond acceptors (Lipinski definition) is 2.